The first-order valence-electron chi connectivity index (χ1n) is 5.20. The molecule has 0 radical (unpaired) electrons. The molecule has 0 saturated heterocycles. The molecule has 4 heteroatoms. The van der Waals surface area contributed by atoms with E-state index in [-0.39, 0.29) is 25.7 Å². The van der Waals surface area contributed by atoms with Gasteiger partial charge in [-0.3, -0.25) is 4.79 Å². The molecule has 0 heterocycles. The summed E-state index contributed by atoms with van der Waals surface area (Å²) in [6.07, 6.45) is 0. The Morgan fingerprint density at radius 1 is 1.13 bits per heavy atom. The molecule has 0 aliphatic carbocycles. The SMILES string of the molecule is CC(C)(C)C(=O)N(CCO)C(C)(C)CO. The van der Waals surface area contributed by atoms with Crippen LogP contribution in [0, 0.1) is 5.41 Å². The Morgan fingerprint density at radius 2 is 1.60 bits per heavy atom. The summed E-state index contributed by atoms with van der Waals surface area (Å²) in [5.74, 6) is -0.0596. The number of carbonyl (C=O) groups is 1. The molecule has 0 saturated carbocycles. The first-order chi connectivity index (χ1) is 6.66. The normalized spacial score (nSPS) is 12.7. The summed E-state index contributed by atoms with van der Waals surface area (Å²) in [7, 11) is 0. The van der Waals surface area contributed by atoms with E-state index < -0.39 is 11.0 Å². The molecule has 0 bridgehead atoms. The Labute approximate surface area is 91.9 Å². The Hall–Kier alpha value is -0.610. The predicted molar refractivity (Wildman–Crippen MR) is 59.4 cm³/mol. The van der Waals surface area contributed by atoms with Crippen LogP contribution in [0.2, 0.25) is 0 Å². The van der Waals surface area contributed by atoms with E-state index in [2.05, 4.69) is 0 Å². The molecule has 15 heavy (non-hydrogen) atoms. The molecule has 0 fully saturated rings. The molecule has 0 rings (SSSR count). The van der Waals surface area contributed by atoms with Crippen LogP contribution in [0.5, 0.6) is 0 Å². The van der Waals surface area contributed by atoms with Gasteiger partial charge in [-0.05, 0) is 13.8 Å². The standard InChI is InChI=1S/C11H23NO3/c1-10(2,3)9(15)12(6-7-13)11(4,5)8-14/h13-14H,6-8H2,1-5H3. The fourth-order valence-electron chi connectivity index (χ4n) is 1.27. The van der Waals surface area contributed by atoms with Gasteiger partial charge in [-0.2, -0.15) is 0 Å². The van der Waals surface area contributed by atoms with Crippen LogP contribution in [0.25, 0.3) is 0 Å². The van der Waals surface area contributed by atoms with Crippen molar-refractivity contribution in [3.8, 4) is 0 Å². The van der Waals surface area contributed by atoms with Crippen molar-refractivity contribution < 1.29 is 15.0 Å². The van der Waals surface area contributed by atoms with E-state index >= 15 is 0 Å². The zero-order valence-electron chi connectivity index (χ0n) is 10.4. The summed E-state index contributed by atoms with van der Waals surface area (Å²) in [6, 6.07) is 0. The van der Waals surface area contributed by atoms with Gasteiger partial charge in [0.25, 0.3) is 0 Å². The van der Waals surface area contributed by atoms with Gasteiger partial charge in [-0.25, -0.2) is 0 Å². The van der Waals surface area contributed by atoms with Crippen LogP contribution < -0.4 is 0 Å². The third-order valence-electron chi connectivity index (χ3n) is 2.33. The minimum atomic E-state index is -0.632. The Kier molecular flexibility index (Phi) is 4.74. The van der Waals surface area contributed by atoms with Crippen LogP contribution >= 0.6 is 0 Å². The number of aliphatic hydroxyl groups excluding tert-OH is 2. The summed E-state index contributed by atoms with van der Waals surface area (Å²) in [6.45, 7) is 9.09. The van der Waals surface area contributed by atoms with E-state index in [1.54, 1.807) is 13.8 Å². The first-order valence-corrected chi connectivity index (χ1v) is 5.20. The van der Waals surface area contributed by atoms with E-state index in [0.717, 1.165) is 0 Å². The molecular formula is C11H23NO3. The van der Waals surface area contributed by atoms with E-state index in [1.807, 2.05) is 20.8 Å². The number of carbonyl (C=O) groups excluding carboxylic acids is 1. The average molecular weight is 217 g/mol. The molecule has 0 aromatic heterocycles. The lowest BCUT2D eigenvalue weighted by molar-refractivity contribution is -0.147. The second-order valence-corrected chi connectivity index (χ2v) is 5.40. The smallest absolute Gasteiger partial charge is 0.228 e. The quantitative estimate of drug-likeness (QED) is 0.726. The highest BCUT2D eigenvalue weighted by atomic mass is 16.3. The summed E-state index contributed by atoms with van der Waals surface area (Å²) in [5.41, 5.74) is -1.13. The van der Waals surface area contributed by atoms with E-state index in [0.29, 0.717) is 0 Å². The summed E-state index contributed by atoms with van der Waals surface area (Å²) in [5, 5.41) is 18.2. The van der Waals surface area contributed by atoms with Crippen LogP contribution in [0.1, 0.15) is 34.6 Å². The molecule has 0 atom stereocenters. The van der Waals surface area contributed by atoms with Crippen molar-refractivity contribution in [3.63, 3.8) is 0 Å². The molecule has 90 valence electrons. The highest BCUT2D eigenvalue weighted by molar-refractivity contribution is 5.82. The maximum Gasteiger partial charge on any atom is 0.228 e. The van der Waals surface area contributed by atoms with Crippen molar-refractivity contribution in [2.75, 3.05) is 19.8 Å². The average Bonchev–Trinajstić information content (AvgIpc) is 2.11. The minimum Gasteiger partial charge on any atom is -0.395 e. The van der Waals surface area contributed by atoms with Crippen LogP contribution in [-0.2, 0) is 4.79 Å². The summed E-state index contributed by atoms with van der Waals surface area (Å²) >= 11 is 0. The van der Waals surface area contributed by atoms with E-state index in [9.17, 15) is 9.90 Å². The van der Waals surface area contributed by atoms with Gasteiger partial charge in [-0.15, -0.1) is 0 Å². The molecule has 4 nitrogen and oxygen atoms in total. The second-order valence-electron chi connectivity index (χ2n) is 5.40. The number of aliphatic hydroxyl groups is 2. The van der Waals surface area contributed by atoms with Gasteiger partial charge >= 0.3 is 0 Å². The second kappa shape index (κ2) is 4.94. The maximum atomic E-state index is 12.1. The monoisotopic (exact) mass is 217 g/mol. The van der Waals surface area contributed by atoms with Crippen molar-refractivity contribution >= 4 is 5.91 Å². The zero-order valence-corrected chi connectivity index (χ0v) is 10.4. The molecule has 0 unspecified atom stereocenters. The lowest BCUT2D eigenvalue weighted by Crippen LogP contribution is -2.54. The van der Waals surface area contributed by atoms with Gasteiger partial charge in [-0.1, -0.05) is 20.8 Å². The molecular weight excluding hydrogens is 194 g/mol. The van der Waals surface area contributed by atoms with Gasteiger partial charge in [0.2, 0.25) is 5.91 Å². The predicted octanol–water partition coefficient (Wildman–Crippen LogP) is 0.624. The Balaban J connectivity index is 4.90. The number of hydrogen-bond acceptors (Lipinski definition) is 3. The lowest BCUT2D eigenvalue weighted by atomic mass is 9.91. The maximum absolute atomic E-state index is 12.1. The molecule has 0 aliphatic heterocycles. The first kappa shape index (κ1) is 14.4. The van der Waals surface area contributed by atoms with E-state index in [4.69, 9.17) is 5.11 Å². The topological polar surface area (TPSA) is 60.8 Å². The number of amides is 1. The Bertz CT molecular complexity index is 218. The van der Waals surface area contributed by atoms with Crippen molar-refractivity contribution in [3.05, 3.63) is 0 Å². The van der Waals surface area contributed by atoms with E-state index in [1.165, 1.54) is 4.90 Å². The fraction of sp³-hybridized carbons (Fsp3) is 0.909. The highest BCUT2D eigenvalue weighted by Crippen LogP contribution is 2.23. The van der Waals surface area contributed by atoms with Gasteiger partial charge in [0, 0.05) is 12.0 Å². The van der Waals surface area contributed by atoms with Gasteiger partial charge in [0.05, 0.1) is 18.8 Å². The van der Waals surface area contributed by atoms with Gasteiger partial charge in [0.1, 0.15) is 0 Å². The van der Waals surface area contributed by atoms with Crippen molar-refractivity contribution in [1.29, 1.82) is 0 Å². The molecule has 1 amide bonds. The van der Waals surface area contributed by atoms with Crippen LogP contribution in [0.15, 0.2) is 0 Å². The third kappa shape index (κ3) is 3.80. The van der Waals surface area contributed by atoms with Crippen LogP contribution in [-0.4, -0.2) is 46.3 Å². The number of rotatable bonds is 4. The van der Waals surface area contributed by atoms with Crippen molar-refractivity contribution in [2.45, 2.75) is 40.2 Å². The number of hydrogen-bond donors (Lipinski definition) is 2. The Morgan fingerprint density at radius 3 is 1.87 bits per heavy atom. The van der Waals surface area contributed by atoms with Crippen molar-refractivity contribution in [2.24, 2.45) is 5.41 Å². The number of nitrogens with zero attached hydrogens (tertiary/aromatic N) is 1. The molecule has 0 aromatic carbocycles. The highest BCUT2D eigenvalue weighted by Gasteiger charge is 2.35. The molecule has 0 aromatic rings. The summed E-state index contributed by atoms with van der Waals surface area (Å²) < 4.78 is 0. The fourth-order valence-corrected chi connectivity index (χ4v) is 1.27. The zero-order chi connectivity index (χ0) is 12.3. The summed E-state index contributed by atoms with van der Waals surface area (Å²) in [4.78, 5) is 13.6. The lowest BCUT2D eigenvalue weighted by Gasteiger charge is -2.40. The molecule has 0 aliphatic rings. The van der Waals surface area contributed by atoms with Gasteiger partial charge in [0.15, 0.2) is 0 Å². The van der Waals surface area contributed by atoms with Gasteiger partial charge < -0.3 is 15.1 Å². The molecule has 2 N–H and O–H groups in total. The van der Waals surface area contributed by atoms with Crippen LogP contribution in [0.3, 0.4) is 0 Å². The number of β-amino-alcohol motifs (C(OH)–C–C–N with tert-alkyl or cyclic N) is 1. The third-order valence-corrected chi connectivity index (χ3v) is 2.33. The van der Waals surface area contributed by atoms with Crippen LogP contribution in [0.4, 0.5) is 0 Å². The molecule has 0 spiro atoms. The largest absolute Gasteiger partial charge is 0.395 e. The minimum absolute atomic E-state index is 0.0596. The van der Waals surface area contributed by atoms with Crippen molar-refractivity contribution in [1.82, 2.24) is 4.90 Å².